The molecule has 2 atom stereocenters. The summed E-state index contributed by atoms with van der Waals surface area (Å²) in [6, 6.07) is 0.331. The zero-order chi connectivity index (χ0) is 19.7. The molecule has 0 unspecified atom stereocenters. The average Bonchev–Trinajstić information content (AvgIpc) is 3.11. The molecular formula is C21H30N6O. The molecule has 2 aromatic rings. The molecule has 1 fully saturated rings. The molecule has 0 spiro atoms. The maximum atomic E-state index is 12.9. The molecule has 0 N–H and O–H groups in total. The minimum atomic E-state index is -0.0782. The second-order valence-corrected chi connectivity index (χ2v) is 8.23. The highest BCUT2D eigenvalue weighted by Crippen LogP contribution is 2.28. The highest BCUT2D eigenvalue weighted by molar-refractivity contribution is 5.78. The predicted molar refractivity (Wildman–Crippen MR) is 107 cm³/mol. The van der Waals surface area contributed by atoms with Crippen LogP contribution < -0.4 is 0 Å². The Morgan fingerprint density at radius 2 is 2.14 bits per heavy atom. The summed E-state index contributed by atoms with van der Waals surface area (Å²) in [6.45, 7) is 7.08. The number of fused-ring (bicyclic) bond motifs is 1. The lowest BCUT2D eigenvalue weighted by molar-refractivity contribution is -0.136. The maximum absolute atomic E-state index is 12.9. The number of likely N-dealkylation sites (tertiary alicyclic amines) is 1. The van der Waals surface area contributed by atoms with Crippen LogP contribution in [0.2, 0.25) is 0 Å². The molecule has 1 amide bonds. The standard InChI is InChI=1S/C21H30N6O/c1-15(13-26-11-8-22-16(26)2)21(28)27-10-7-18-17(14-27)12-23-20(24-18)19-6-4-5-9-25(19)3/h8,11-12,15,19H,4-7,9-10,13-14H2,1-3H3/t15-,19-/m1/s1. The van der Waals surface area contributed by atoms with Gasteiger partial charge >= 0.3 is 0 Å². The van der Waals surface area contributed by atoms with E-state index in [9.17, 15) is 4.79 Å². The predicted octanol–water partition coefficient (Wildman–Crippen LogP) is 2.36. The van der Waals surface area contributed by atoms with Gasteiger partial charge in [-0.1, -0.05) is 13.3 Å². The van der Waals surface area contributed by atoms with Crippen molar-refractivity contribution in [2.75, 3.05) is 20.1 Å². The molecule has 7 heteroatoms. The third-order valence-corrected chi connectivity index (χ3v) is 6.15. The van der Waals surface area contributed by atoms with Crippen LogP contribution in [0, 0.1) is 12.8 Å². The van der Waals surface area contributed by atoms with Crippen molar-refractivity contribution in [3.63, 3.8) is 0 Å². The van der Waals surface area contributed by atoms with Crippen LogP contribution in [0.5, 0.6) is 0 Å². The number of imidazole rings is 1. The van der Waals surface area contributed by atoms with Gasteiger partial charge in [0.1, 0.15) is 11.6 Å². The molecule has 7 nitrogen and oxygen atoms in total. The fraction of sp³-hybridized carbons (Fsp3) is 0.619. The van der Waals surface area contributed by atoms with Gasteiger partial charge in [0.25, 0.3) is 0 Å². The molecular weight excluding hydrogens is 352 g/mol. The van der Waals surface area contributed by atoms with Crippen molar-refractivity contribution < 1.29 is 4.79 Å². The maximum Gasteiger partial charge on any atom is 0.227 e. The molecule has 4 rings (SSSR count). The normalized spacial score (nSPS) is 21.4. The Labute approximate surface area is 166 Å². The first-order chi connectivity index (χ1) is 13.5. The van der Waals surface area contributed by atoms with Crippen molar-refractivity contribution >= 4 is 5.91 Å². The van der Waals surface area contributed by atoms with Crippen LogP contribution in [-0.2, 0) is 24.3 Å². The first-order valence-corrected chi connectivity index (χ1v) is 10.3. The van der Waals surface area contributed by atoms with Gasteiger partial charge in [0, 0.05) is 50.2 Å². The second-order valence-electron chi connectivity index (χ2n) is 8.23. The number of hydrogen-bond acceptors (Lipinski definition) is 5. The summed E-state index contributed by atoms with van der Waals surface area (Å²) in [5.74, 6) is 2.00. The fourth-order valence-corrected chi connectivity index (χ4v) is 4.36. The van der Waals surface area contributed by atoms with E-state index < -0.39 is 0 Å². The number of amides is 1. The van der Waals surface area contributed by atoms with Gasteiger partial charge in [-0.05, 0) is 33.4 Å². The summed E-state index contributed by atoms with van der Waals surface area (Å²) in [7, 11) is 2.16. The highest BCUT2D eigenvalue weighted by atomic mass is 16.2. The molecule has 0 radical (unpaired) electrons. The number of piperidine rings is 1. The van der Waals surface area contributed by atoms with Gasteiger partial charge in [0.2, 0.25) is 5.91 Å². The SMILES string of the molecule is Cc1nccn1C[C@@H](C)C(=O)N1CCc2nc([C@H]3CCCCN3C)ncc2C1. The summed E-state index contributed by atoms with van der Waals surface area (Å²) < 4.78 is 2.04. The molecule has 2 aliphatic heterocycles. The first kappa shape index (κ1) is 19.1. The van der Waals surface area contributed by atoms with Crippen molar-refractivity contribution in [2.45, 2.75) is 58.7 Å². The number of hydrogen-bond donors (Lipinski definition) is 0. The van der Waals surface area contributed by atoms with Gasteiger partial charge in [0.15, 0.2) is 0 Å². The molecule has 0 aromatic carbocycles. The first-order valence-electron chi connectivity index (χ1n) is 10.3. The molecule has 2 aromatic heterocycles. The minimum absolute atomic E-state index is 0.0782. The van der Waals surface area contributed by atoms with Gasteiger partial charge in [0.05, 0.1) is 17.7 Å². The molecule has 0 saturated carbocycles. The molecule has 28 heavy (non-hydrogen) atoms. The number of carbonyl (C=O) groups excluding carboxylic acids is 1. The Morgan fingerprint density at radius 1 is 1.29 bits per heavy atom. The summed E-state index contributed by atoms with van der Waals surface area (Å²) in [5.41, 5.74) is 2.21. The Morgan fingerprint density at radius 3 is 2.89 bits per heavy atom. The lowest BCUT2D eigenvalue weighted by atomic mass is 10.0. The minimum Gasteiger partial charge on any atom is -0.338 e. The third kappa shape index (κ3) is 3.81. The van der Waals surface area contributed by atoms with Gasteiger partial charge < -0.3 is 9.47 Å². The fourth-order valence-electron chi connectivity index (χ4n) is 4.36. The molecule has 4 heterocycles. The van der Waals surface area contributed by atoms with E-state index in [0.717, 1.165) is 48.8 Å². The van der Waals surface area contributed by atoms with Gasteiger partial charge in [-0.2, -0.15) is 0 Å². The monoisotopic (exact) mass is 382 g/mol. The number of aromatic nitrogens is 4. The molecule has 0 aliphatic carbocycles. The van der Waals surface area contributed by atoms with Gasteiger partial charge in [-0.25, -0.2) is 15.0 Å². The second kappa shape index (κ2) is 7.99. The van der Waals surface area contributed by atoms with E-state index in [4.69, 9.17) is 4.98 Å². The van der Waals surface area contributed by atoms with Crippen molar-refractivity contribution in [1.29, 1.82) is 0 Å². The number of rotatable bonds is 4. The smallest absolute Gasteiger partial charge is 0.227 e. The largest absolute Gasteiger partial charge is 0.338 e. The number of aryl methyl sites for hydroxylation is 1. The Balaban J connectivity index is 1.43. The van der Waals surface area contributed by atoms with Crippen molar-refractivity contribution in [1.82, 2.24) is 29.3 Å². The van der Waals surface area contributed by atoms with E-state index in [-0.39, 0.29) is 11.8 Å². The molecule has 0 bridgehead atoms. The van der Waals surface area contributed by atoms with Crippen molar-refractivity contribution in [3.05, 3.63) is 41.5 Å². The Bertz CT molecular complexity index is 847. The topological polar surface area (TPSA) is 67.2 Å². The third-order valence-electron chi connectivity index (χ3n) is 6.15. The molecule has 1 saturated heterocycles. The zero-order valence-corrected chi connectivity index (χ0v) is 17.1. The van der Waals surface area contributed by atoms with Gasteiger partial charge in [-0.3, -0.25) is 9.69 Å². The van der Waals surface area contributed by atoms with E-state index in [1.54, 1.807) is 6.20 Å². The number of nitrogens with zero attached hydrogens (tertiary/aromatic N) is 6. The molecule has 150 valence electrons. The number of carbonyl (C=O) groups is 1. The van der Waals surface area contributed by atoms with E-state index in [2.05, 4.69) is 21.9 Å². The van der Waals surface area contributed by atoms with Crippen molar-refractivity contribution in [3.8, 4) is 0 Å². The average molecular weight is 383 g/mol. The van der Waals surface area contributed by atoms with Crippen LogP contribution in [0.15, 0.2) is 18.6 Å². The van der Waals surface area contributed by atoms with E-state index in [1.807, 2.05) is 35.7 Å². The van der Waals surface area contributed by atoms with E-state index in [1.165, 1.54) is 12.8 Å². The zero-order valence-electron chi connectivity index (χ0n) is 17.1. The van der Waals surface area contributed by atoms with Crippen LogP contribution in [0.1, 0.15) is 55.1 Å². The Hall–Kier alpha value is -2.28. The lowest BCUT2D eigenvalue weighted by Gasteiger charge is -2.33. The van der Waals surface area contributed by atoms with Crippen LogP contribution in [-0.4, -0.2) is 55.4 Å². The quantitative estimate of drug-likeness (QED) is 0.812. The summed E-state index contributed by atoms with van der Waals surface area (Å²) in [5, 5.41) is 0. The van der Waals surface area contributed by atoms with E-state index >= 15 is 0 Å². The van der Waals surface area contributed by atoms with Crippen molar-refractivity contribution in [2.24, 2.45) is 5.92 Å². The van der Waals surface area contributed by atoms with Gasteiger partial charge in [-0.15, -0.1) is 0 Å². The molecule has 2 aliphatic rings. The van der Waals surface area contributed by atoms with Crippen LogP contribution in [0.3, 0.4) is 0 Å². The lowest BCUT2D eigenvalue weighted by Crippen LogP contribution is -2.41. The summed E-state index contributed by atoms with van der Waals surface area (Å²) in [4.78, 5) is 31.1. The Kier molecular flexibility index (Phi) is 5.44. The highest BCUT2D eigenvalue weighted by Gasteiger charge is 2.28. The van der Waals surface area contributed by atoms with Crippen LogP contribution >= 0.6 is 0 Å². The summed E-state index contributed by atoms with van der Waals surface area (Å²) in [6.07, 6.45) is 10.1. The summed E-state index contributed by atoms with van der Waals surface area (Å²) >= 11 is 0. The van der Waals surface area contributed by atoms with Crippen LogP contribution in [0.25, 0.3) is 0 Å². The van der Waals surface area contributed by atoms with E-state index in [0.29, 0.717) is 19.1 Å². The van der Waals surface area contributed by atoms with Crippen LogP contribution in [0.4, 0.5) is 0 Å².